The second kappa shape index (κ2) is 6.88. The Morgan fingerprint density at radius 3 is 2.67 bits per heavy atom. The van der Waals surface area contributed by atoms with Gasteiger partial charge in [0.15, 0.2) is 0 Å². The number of aryl methyl sites for hydroxylation is 1. The molecule has 0 fully saturated rings. The zero-order valence-corrected chi connectivity index (χ0v) is 14.3. The Balaban J connectivity index is 1.96. The third-order valence-corrected chi connectivity index (χ3v) is 4.56. The van der Waals surface area contributed by atoms with Gasteiger partial charge in [-0.25, -0.2) is 0 Å². The normalized spacial score (nSPS) is 11.3. The molecule has 0 unspecified atom stereocenters. The Morgan fingerprint density at radius 1 is 1.29 bits per heavy atom. The highest BCUT2D eigenvalue weighted by Gasteiger charge is 2.19. The second-order valence-corrected chi connectivity index (χ2v) is 6.52. The van der Waals surface area contributed by atoms with Gasteiger partial charge in [-0.1, -0.05) is 17.7 Å². The molecule has 1 aromatic carbocycles. The summed E-state index contributed by atoms with van der Waals surface area (Å²) < 4.78 is 5.69. The quantitative estimate of drug-likeness (QED) is 0.340. The molecular weight excluding hydrogens is 342 g/mol. The molecule has 0 radical (unpaired) electrons. The van der Waals surface area contributed by atoms with Gasteiger partial charge in [0.1, 0.15) is 23.2 Å². The fraction of sp³-hybridized carbons (Fsp3) is 0.0526. The van der Waals surface area contributed by atoms with E-state index in [-0.39, 0.29) is 11.4 Å². The van der Waals surface area contributed by atoms with Gasteiger partial charge in [-0.05, 0) is 54.8 Å². The van der Waals surface area contributed by atoms with Gasteiger partial charge in [-0.2, -0.15) is 5.26 Å². The number of thiophene rings is 1. The number of furan rings is 1. The lowest BCUT2D eigenvalue weighted by atomic mass is 10.0. The molecule has 0 atom stereocenters. The molecule has 3 nitrogen and oxygen atoms in total. The number of benzene rings is 1. The molecule has 0 bridgehead atoms. The lowest BCUT2D eigenvalue weighted by Crippen LogP contribution is -2.01. The molecule has 0 aliphatic carbocycles. The van der Waals surface area contributed by atoms with Crippen LogP contribution in [-0.2, 0) is 0 Å². The fourth-order valence-corrected chi connectivity index (χ4v) is 3.06. The van der Waals surface area contributed by atoms with Crippen LogP contribution in [0.5, 0.6) is 0 Å². The zero-order valence-electron chi connectivity index (χ0n) is 12.7. The number of carbonyl (C=O) groups is 1. The molecular formula is C19H12ClNO2S. The van der Waals surface area contributed by atoms with Crippen LogP contribution in [0, 0.1) is 18.3 Å². The number of halogens is 1. The Bertz CT molecular complexity index is 944. The molecule has 3 rings (SSSR count). The predicted molar refractivity (Wildman–Crippen MR) is 96.1 cm³/mol. The van der Waals surface area contributed by atoms with Gasteiger partial charge in [0.05, 0.1) is 5.56 Å². The minimum absolute atomic E-state index is 0.0870. The number of hydrogen-bond donors (Lipinski definition) is 0. The summed E-state index contributed by atoms with van der Waals surface area (Å²) in [5.74, 6) is 0.713. The summed E-state index contributed by atoms with van der Waals surface area (Å²) >= 11 is 7.36. The molecule has 0 saturated carbocycles. The van der Waals surface area contributed by atoms with Gasteiger partial charge >= 0.3 is 0 Å². The number of allylic oxidation sites excluding steroid dienone is 1. The van der Waals surface area contributed by atoms with Gasteiger partial charge in [0.2, 0.25) is 5.78 Å². The van der Waals surface area contributed by atoms with E-state index < -0.39 is 0 Å². The van der Waals surface area contributed by atoms with E-state index in [4.69, 9.17) is 16.0 Å². The van der Waals surface area contributed by atoms with E-state index in [1.54, 1.807) is 31.2 Å². The first-order valence-electron chi connectivity index (χ1n) is 7.15. The maximum absolute atomic E-state index is 12.7. The third-order valence-electron chi connectivity index (χ3n) is 3.49. The molecule has 0 amide bonds. The van der Waals surface area contributed by atoms with Crippen LogP contribution in [-0.4, -0.2) is 5.78 Å². The molecule has 0 spiro atoms. The first-order valence-corrected chi connectivity index (χ1v) is 8.40. The van der Waals surface area contributed by atoms with Crippen LogP contribution in [0.1, 0.15) is 21.0 Å². The van der Waals surface area contributed by atoms with Crippen molar-refractivity contribution in [2.45, 2.75) is 6.92 Å². The Morgan fingerprint density at radius 2 is 2.04 bits per heavy atom. The first kappa shape index (κ1) is 16.3. The SMILES string of the molecule is Cc1oc(-c2ccc(Cl)cc2)cc1C(=O)/C(C#N)=C/c1cccs1. The topological polar surface area (TPSA) is 54.0 Å². The van der Waals surface area contributed by atoms with Crippen molar-refractivity contribution in [1.29, 1.82) is 5.26 Å². The lowest BCUT2D eigenvalue weighted by Gasteiger charge is -1.96. The summed E-state index contributed by atoms with van der Waals surface area (Å²) in [6.07, 6.45) is 1.60. The molecule has 2 heterocycles. The first-order chi connectivity index (χ1) is 11.6. The highest BCUT2D eigenvalue weighted by atomic mass is 35.5. The van der Waals surface area contributed by atoms with E-state index in [0.717, 1.165) is 10.4 Å². The molecule has 2 aromatic heterocycles. The molecule has 3 aromatic rings. The smallest absolute Gasteiger partial charge is 0.207 e. The van der Waals surface area contributed by atoms with Gasteiger partial charge in [0.25, 0.3) is 0 Å². The highest BCUT2D eigenvalue weighted by Crippen LogP contribution is 2.28. The van der Waals surface area contributed by atoms with Crippen LogP contribution in [0.25, 0.3) is 17.4 Å². The highest BCUT2D eigenvalue weighted by molar-refractivity contribution is 7.10. The van der Waals surface area contributed by atoms with E-state index in [9.17, 15) is 10.1 Å². The van der Waals surface area contributed by atoms with Crippen LogP contribution >= 0.6 is 22.9 Å². The predicted octanol–water partition coefficient (Wildman–Crippen LogP) is 5.76. The molecule has 0 saturated heterocycles. The molecule has 118 valence electrons. The number of nitriles is 1. The van der Waals surface area contributed by atoms with E-state index in [1.807, 2.05) is 35.7 Å². The van der Waals surface area contributed by atoms with Crippen LogP contribution in [0.3, 0.4) is 0 Å². The van der Waals surface area contributed by atoms with Crippen molar-refractivity contribution >= 4 is 34.8 Å². The summed E-state index contributed by atoms with van der Waals surface area (Å²) in [6, 6.07) is 14.5. The van der Waals surface area contributed by atoms with E-state index in [1.165, 1.54) is 11.3 Å². The van der Waals surface area contributed by atoms with Gasteiger partial charge in [-0.3, -0.25) is 4.79 Å². The van der Waals surface area contributed by atoms with Gasteiger partial charge in [-0.15, -0.1) is 11.3 Å². The van der Waals surface area contributed by atoms with Gasteiger partial charge < -0.3 is 4.42 Å². The molecule has 0 aliphatic rings. The van der Waals surface area contributed by atoms with E-state index >= 15 is 0 Å². The monoisotopic (exact) mass is 353 g/mol. The average Bonchev–Trinajstić information content (AvgIpc) is 3.22. The van der Waals surface area contributed by atoms with E-state index in [0.29, 0.717) is 22.1 Å². The molecule has 0 N–H and O–H groups in total. The lowest BCUT2D eigenvalue weighted by molar-refractivity contribution is 0.103. The summed E-state index contributed by atoms with van der Waals surface area (Å²) in [6.45, 7) is 1.72. The van der Waals surface area contributed by atoms with Crippen molar-refractivity contribution in [2.24, 2.45) is 0 Å². The molecule has 0 aliphatic heterocycles. The summed E-state index contributed by atoms with van der Waals surface area (Å²) in [5.41, 5.74) is 1.30. The van der Waals surface area contributed by atoms with Crippen molar-refractivity contribution in [2.75, 3.05) is 0 Å². The van der Waals surface area contributed by atoms with Crippen molar-refractivity contribution in [3.8, 4) is 17.4 Å². The Labute approximate surface area is 148 Å². The van der Waals surface area contributed by atoms with Gasteiger partial charge in [0, 0.05) is 15.5 Å². The number of hydrogen-bond acceptors (Lipinski definition) is 4. The van der Waals surface area contributed by atoms with E-state index in [2.05, 4.69) is 0 Å². The number of rotatable bonds is 4. The van der Waals surface area contributed by atoms with Crippen molar-refractivity contribution in [1.82, 2.24) is 0 Å². The summed E-state index contributed by atoms with van der Waals surface area (Å²) in [4.78, 5) is 13.5. The minimum Gasteiger partial charge on any atom is -0.461 e. The number of Topliss-reactive ketones (excluding diaryl/α,β-unsaturated/α-hetero) is 1. The third kappa shape index (κ3) is 3.33. The zero-order chi connectivity index (χ0) is 17.1. The van der Waals surface area contributed by atoms with Crippen LogP contribution in [0.2, 0.25) is 5.02 Å². The van der Waals surface area contributed by atoms with Crippen LogP contribution in [0.15, 0.2) is 57.8 Å². The summed E-state index contributed by atoms with van der Waals surface area (Å²) in [5, 5.41) is 11.8. The second-order valence-electron chi connectivity index (χ2n) is 5.10. The number of carbonyl (C=O) groups excluding carboxylic acids is 1. The minimum atomic E-state index is -0.340. The average molecular weight is 354 g/mol. The standard InChI is InChI=1S/C19H12ClNO2S/c1-12-17(10-18(23-12)13-4-6-15(20)7-5-13)19(22)14(11-21)9-16-3-2-8-24-16/h2-10H,1H3/b14-9+. The fourth-order valence-electron chi connectivity index (χ4n) is 2.27. The number of ketones is 1. The maximum atomic E-state index is 12.7. The Kier molecular flexibility index (Phi) is 4.66. The van der Waals surface area contributed by atoms with Crippen molar-refractivity contribution in [3.05, 3.63) is 74.6 Å². The van der Waals surface area contributed by atoms with Crippen LogP contribution in [0.4, 0.5) is 0 Å². The summed E-state index contributed by atoms with van der Waals surface area (Å²) in [7, 11) is 0. The Hall–Kier alpha value is -2.61. The maximum Gasteiger partial charge on any atom is 0.207 e. The number of nitrogens with zero attached hydrogens (tertiary/aromatic N) is 1. The molecule has 24 heavy (non-hydrogen) atoms. The largest absolute Gasteiger partial charge is 0.461 e. The van der Waals surface area contributed by atoms with Crippen molar-refractivity contribution < 1.29 is 9.21 Å². The van der Waals surface area contributed by atoms with Crippen molar-refractivity contribution in [3.63, 3.8) is 0 Å². The van der Waals surface area contributed by atoms with Crippen LogP contribution < -0.4 is 0 Å². The molecule has 5 heteroatoms.